The highest BCUT2D eigenvalue weighted by Gasteiger charge is 2.16. The van der Waals surface area contributed by atoms with Crippen LogP contribution in [0.4, 0.5) is 4.79 Å². The molecule has 0 radical (unpaired) electrons. The fourth-order valence-corrected chi connectivity index (χ4v) is 2.30. The Morgan fingerprint density at radius 2 is 2.12 bits per heavy atom. The van der Waals surface area contributed by atoms with E-state index in [0.29, 0.717) is 25.8 Å². The lowest BCUT2D eigenvalue weighted by molar-refractivity contribution is -0.311. The van der Waals surface area contributed by atoms with Gasteiger partial charge in [-0.1, -0.05) is 6.92 Å². The lowest BCUT2D eigenvalue weighted by Crippen LogP contribution is -2.35. The Hall–Kier alpha value is -2.05. The number of aliphatic carboxylic acids is 1. The highest BCUT2D eigenvalue weighted by Crippen LogP contribution is 2.13. The Morgan fingerprint density at radius 1 is 1.42 bits per heavy atom. The summed E-state index contributed by atoms with van der Waals surface area (Å²) in [6.45, 7) is 8.66. The quantitative estimate of drug-likeness (QED) is 0.688. The molecule has 1 aromatic heterocycles. The van der Waals surface area contributed by atoms with Crippen LogP contribution in [0.15, 0.2) is 12.5 Å². The maximum atomic E-state index is 11.5. The largest absolute Gasteiger partial charge is 0.550 e. The molecule has 0 aliphatic rings. The highest BCUT2D eigenvalue weighted by molar-refractivity contribution is 5.68. The number of aromatic nitrogens is 2. The molecule has 0 unspecified atom stereocenters. The van der Waals surface area contributed by atoms with Gasteiger partial charge in [-0.2, -0.15) is 0 Å². The zero-order chi connectivity index (χ0) is 18.2. The predicted octanol–water partition coefficient (Wildman–Crippen LogP) is 1.51. The van der Waals surface area contributed by atoms with E-state index in [-0.39, 0.29) is 0 Å². The number of nitrogens with one attached hydrogen (secondary N) is 1. The third-order valence-electron chi connectivity index (χ3n) is 3.35. The van der Waals surface area contributed by atoms with Crippen LogP contribution in [0.25, 0.3) is 0 Å². The van der Waals surface area contributed by atoms with Gasteiger partial charge in [-0.05, 0) is 46.5 Å². The van der Waals surface area contributed by atoms with Crippen molar-refractivity contribution in [3.63, 3.8) is 0 Å². The first-order chi connectivity index (χ1) is 11.2. The number of carbonyl (C=O) groups excluding carboxylic acids is 2. The molecule has 0 fully saturated rings. The van der Waals surface area contributed by atoms with Crippen LogP contribution in [-0.2, 0) is 22.5 Å². The molecule has 7 heteroatoms. The van der Waals surface area contributed by atoms with Gasteiger partial charge in [0, 0.05) is 31.2 Å². The van der Waals surface area contributed by atoms with Crippen LogP contribution in [0.1, 0.15) is 52.7 Å². The number of imidazole rings is 1. The number of hydrogen-bond acceptors (Lipinski definition) is 5. The number of carboxylic acids is 1. The second kappa shape index (κ2) is 9.30. The Bertz CT molecular complexity index is 534. The minimum Gasteiger partial charge on any atom is -0.550 e. The topological polar surface area (TPSA) is 96.3 Å². The van der Waals surface area contributed by atoms with Gasteiger partial charge in [-0.15, -0.1) is 0 Å². The molecule has 0 aromatic carbocycles. The molecule has 0 aliphatic heterocycles. The molecule has 1 atom stereocenters. The van der Waals surface area contributed by atoms with Gasteiger partial charge in [0.15, 0.2) is 0 Å². The molecule has 1 aromatic rings. The summed E-state index contributed by atoms with van der Waals surface area (Å²) in [5, 5.41) is 13.9. The van der Waals surface area contributed by atoms with Gasteiger partial charge in [-0.3, -0.25) is 0 Å². The second-order valence-corrected chi connectivity index (χ2v) is 6.89. The van der Waals surface area contributed by atoms with E-state index in [2.05, 4.69) is 17.2 Å². The normalized spacial score (nSPS) is 12.7. The van der Waals surface area contributed by atoms with E-state index in [0.717, 1.165) is 18.7 Å². The number of aryl methyl sites for hydroxylation is 1. The fraction of sp³-hybridized carbons (Fsp3) is 0.706. The first-order valence-corrected chi connectivity index (χ1v) is 8.39. The van der Waals surface area contributed by atoms with Crippen molar-refractivity contribution in [2.24, 2.45) is 5.92 Å². The number of carbonyl (C=O) groups is 2. The standard InChI is InChI=1S/C17H29N3O4/c1-5-9-20-11-14(19-12-20)10-13(15(21)22)7-6-8-18-16(23)24-17(2,3)4/h11-13H,5-10H2,1-4H3,(H,18,23)(H,21,22)/p-1/t13-/m1/s1. The van der Waals surface area contributed by atoms with Gasteiger partial charge in [0.2, 0.25) is 0 Å². The predicted molar refractivity (Wildman–Crippen MR) is 88.2 cm³/mol. The third kappa shape index (κ3) is 7.99. The van der Waals surface area contributed by atoms with Crippen molar-refractivity contribution in [3.8, 4) is 0 Å². The van der Waals surface area contributed by atoms with E-state index in [4.69, 9.17) is 4.74 Å². The van der Waals surface area contributed by atoms with Crippen molar-refractivity contribution in [2.75, 3.05) is 6.54 Å². The van der Waals surface area contributed by atoms with Crippen molar-refractivity contribution in [2.45, 2.75) is 65.5 Å². The van der Waals surface area contributed by atoms with Gasteiger partial charge in [0.25, 0.3) is 0 Å². The van der Waals surface area contributed by atoms with E-state index in [9.17, 15) is 14.7 Å². The first-order valence-electron chi connectivity index (χ1n) is 8.39. The van der Waals surface area contributed by atoms with E-state index >= 15 is 0 Å². The summed E-state index contributed by atoms with van der Waals surface area (Å²) in [6.07, 6.45) is 5.38. The number of alkyl carbamates (subject to hydrolysis) is 1. The van der Waals surface area contributed by atoms with Crippen LogP contribution in [-0.4, -0.2) is 33.8 Å². The first kappa shape index (κ1) is 20.0. The van der Waals surface area contributed by atoms with Gasteiger partial charge < -0.3 is 24.5 Å². The minimum atomic E-state index is -1.09. The molecule has 0 spiro atoms. The van der Waals surface area contributed by atoms with Crippen LogP contribution in [0.5, 0.6) is 0 Å². The van der Waals surface area contributed by atoms with Gasteiger partial charge in [-0.25, -0.2) is 9.78 Å². The van der Waals surface area contributed by atoms with E-state index in [1.807, 2.05) is 10.8 Å². The second-order valence-electron chi connectivity index (χ2n) is 6.89. The Morgan fingerprint density at radius 3 is 2.71 bits per heavy atom. The number of carboxylic acid groups (broad SMARTS) is 1. The molecule has 0 saturated heterocycles. The van der Waals surface area contributed by atoms with E-state index in [1.165, 1.54) is 0 Å². The summed E-state index contributed by atoms with van der Waals surface area (Å²) in [7, 11) is 0. The molecule has 24 heavy (non-hydrogen) atoms. The smallest absolute Gasteiger partial charge is 0.407 e. The van der Waals surface area contributed by atoms with Crippen LogP contribution in [0.3, 0.4) is 0 Å². The molecule has 1 rings (SSSR count). The summed E-state index contributed by atoms with van der Waals surface area (Å²) in [6, 6.07) is 0. The molecular formula is C17H28N3O4-. The molecule has 0 saturated carbocycles. The van der Waals surface area contributed by atoms with E-state index in [1.54, 1.807) is 27.1 Å². The Labute approximate surface area is 143 Å². The maximum absolute atomic E-state index is 11.5. The minimum absolute atomic E-state index is 0.339. The number of rotatable bonds is 9. The monoisotopic (exact) mass is 338 g/mol. The molecule has 1 heterocycles. The lowest BCUT2D eigenvalue weighted by Gasteiger charge is -2.20. The Balaban J connectivity index is 2.38. The molecule has 0 bridgehead atoms. The zero-order valence-corrected chi connectivity index (χ0v) is 15.0. The molecule has 136 valence electrons. The van der Waals surface area contributed by atoms with Crippen molar-refractivity contribution in [1.82, 2.24) is 14.9 Å². The zero-order valence-electron chi connectivity index (χ0n) is 15.0. The molecule has 1 N–H and O–H groups in total. The van der Waals surface area contributed by atoms with E-state index < -0.39 is 23.6 Å². The average Bonchev–Trinajstić information content (AvgIpc) is 2.88. The fourth-order valence-electron chi connectivity index (χ4n) is 2.30. The van der Waals surface area contributed by atoms with Gasteiger partial charge in [0.1, 0.15) is 5.60 Å². The summed E-state index contributed by atoms with van der Waals surface area (Å²) in [5.41, 5.74) is 0.201. The molecule has 7 nitrogen and oxygen atoms in total. The number of amides is 1. The molecule has 1 amide bonds. The molecule has 0 aliphatic carbocycles. The Kier molecular flexibility index (Phi) is 7.74. The number of hydrogen-bond donors (Lipinski definition) is 1. The number of ether oxygens (including phenoxy) is 1. The third-order valence-corrected chi connectivity index (χ3v) is 3.35. The van der Waals surface area contributed by atoms with Gasteiger partial charge in [0.05, 0.1) is 12.0 Å². The average molecular weight is 338 g/mol. The van der Waals surface area contributed by atoms with Crippen molar-refractivity contribution in [1.29, 1.82) is 0 Å². The summed E-state index contributed by atoms with van der Waals surface area (Å²) < 4.78 is 7.07. The lowest BCUT2D eigenvalue weighted by atomic mass is 9.98. The SMILES string of the molecule is CCCn1cnc(C[C@@H](CCCNC(=O)OC(C)(C)C)C(=O)[O-])c1. The summed E-state index contributed by atoms with van der Waals surface area (Å²) >= 11 is 0. The van der Waals surface area contributed by atoms with Crippen LogP contribution in [0, 0.1) is 5.92 Å². The van der Waals surface area contributed by atoms with Crippen molar-refractivity contribution in [3.05, 3.63) is 18.2 Å². The van der Waals surface area contributed by atoms with Crippen molar-refractivity contribution >= 4 is 12.1 Å². The van der Waals surface area contributed by atoms with Gasteiger partial charge >= 0.3 is 6.09 Å². The number of nitrogens with zero attached hydrogens (tertiary/aromatic N) is 2. The maximum Gasteiger partial charge on any atom is 0.407 e. The van der Waals surface area contributed by atoms with Crippen molar-refractivity contribution < 1.29 is 19.4 Å². The summed E-state index contributed by atoms with van der Waals surface area (Å²) in [5.74, 6) is -1.70. The summed E-state index contributed by atoms with van der Waals surface area (Å²) in [4.78, 5) is 27.0. The van der Waals surface area contributed by atoms with Crippen LogP contribution < -0.4 is 10.4 Å². The van der Waals surface area contributed by atoms with Crippen LogP contribution >= 0.6 is 0 Å². The highest BCUT2D eigenvalue weighted by atomic mass is 16.6. The van der Waals surface area contributed by atoms with Crippen LogP contribution in [0.2, 0.25) is 0 Å². The molecular weight excluding hydrogens is 310 g/mol.